The van der Waals surface area contributed by atoms with Crippen LogP contribution in [0.3, 0.4) is 0 Å². The highest BCUT2D eigenvalue weighted by Gasteiger charge is 2.43. The maximum atomic E-state index is 15.2. The molecule has 3 aromatic heterocycles. The fourth-order valence-corrected chi connectivity index (χ4v) is 4.46. The van der Waals surface area contributed by atoms with Crippen molar-refractivity contribution in [1.29, 1.82) is 0 Å². The number of benzene rings is 2. The first-order valence-electron chi connectivity index (χ1n) is 10.3. The van der Waals surface area contributed by atoms with Gasteiger partial charge < -0.3 is 19.6 Å². The Kier molecular flexibility index (Phi) is 5.30. The molecule has 11 heteroatoms. The number of hydrogen-bond acceptors (Lipinski definition) is 5. The van der Waals surface area contributed by atoms with Gasteiger partial charge in [0.25, 0.3) is 0 Å². The van der Waals surface area contributed by atoms with Crippen LogP contribution in [0.2, 0.25) is 5.02 Å². The second-order valence-corrected chi connectivity index (χ2v) is 8.48. The summed E-state index contributed by atoms with van der Waals surface area (Å²) in [6.07, 6.45) is 1.19. The number of nitrogens with zero attached hydrogens (tertiary/aromatic N) is 2. The van der Waals surface area contributed by atoms with Gasteiger partial charge in [0.2, 0.25) is 0 Å². The first-order chi connectivity index (χ1) is 16.6. The van der Waals surface area contributed by atoms with Crippen molar-refractivity contribution in [3.05, 3.63) is 104 Å². The molecule has 1 atom stereocenters. The largest absolute Gasteiger partial charge is 0.374 e. The molecule has 0 radical (unpaired) electrons. The summed E-state index contributed by atoms with van der Waals surface area (Å²) in [7, 11) is 0. The summed E-state index contributed by atoms with van der Waals surface area (Å²) in [4.78, 5) is 21.5. The number of aryl methyl sites for hydroxylation is 2. The molecule has 0 aliphatic heterocycles. The minimum absolute atomic E-state index is 0.0629. The molecule has 0 aliphatic rings. The number of nitrogens with one attached hydrogen (secondary N) is 2. The van der Waals surface area contributed by atoms with E-state index in [0.29, 0.717) is 34.7 Å². The summed E-state index contributed by atoms with van der Waals surface area (Å²) in [5, 5.41) is 16.3. The van der Waals surface area contributed by atoms with E-state index in [9.17, 15) is 14.3 Å². The number of aromatic amines is 2. The molecule has 0 saturated carbocycles. The first kappa shape index (κ1) is 22.9. The molecule has 0 fully saturated rings. The normalized spacial score (nSPS) is 13.3. The molecule has 3 N–H and O–H groups in total. The standard InChI is InChI=1S/C24H16ClF3N4O3/c1-10-20(11(2)35-32-10)12-5-15(22-18(6-12)30-23(33)31-22)24(34,19-4-3-13(25)9-29-19)21-16(27)7-14(26)8-17(21)28/h3-9,34H,1-2H3,(H2,30,31,33). The maximum absolute atomic E-state index is 15.2. The highest BCUT2D eigenvalue weighted by Crippen LogP contribution is 2.43. The van der Waals surface area contributed by atoms with E-state index >= 15 is 8.78 Å². The Morgan fingerprint density at radius 1 is 1.06 bits per heavy atom. The second kappa shape index (κ2) is 8.10. The molecular weight excluding hydrogens is 485 g/mol. The van der Waals surface area contributed by atoms with Crippen molar-refractivity contribution in [3.63, 3.8) is 0 Å². The van der Waals surface area contributed by atoms with E-state index < -0.39 is 34.3 Å². The Labute approximate surface area is 200 Å². The number of pyridine rings is 1. The lowest BCUT2D eigenvalue weighted by Crippen LogP contribution is -2.33. The zero-order valence-electron chi connectivity index (χ0n) is 18.2. The monoisotopic (exact) mass is 500 g/mol. The molecule has 5 rings (SSSR count). The Morgan fingerprint density at radius 2 is 1.77 bits per heavy atom. The third kappa shape index (κ3) is 3.62. The van der Waals surface area contributed by atoms with Gasteiger partial charge in [0, 0.05) is 29.5 Å². The summed E-state index contributed by atoms with van der Waals surface area (Å²) >= 11 is 5.95. The van der Waals surface area contributed by atoms with Crippen LogP contribution in [0, 0.1) is 31.3 Å². The van der Waals surface area contributed by atoms with Gasteiger partial charge in [-0.3, -0.25) is 4.98 Å². The summed E-state index contributed by atoms with van der Waals surface area (Å²) in [6.45, 7) is 3.37. The van der Waals surface area contributed by atoms with Crippen LogP contribution in [0.4, 0.5) is 13.2 Å². The molecule has 5 aromatic rings. The van der Waals surface area contributed by atoms with E-state index in [0.717, 1.165) is 0 Å². The van der Waals surface area contributed by atoms with Crippen LogP contribution in [-0.4, -0.2) is 25.2 Å². The van der Waals surface area contributed by atoms with Crippen molar-refractivity contribution in [2.45, 2.75) is 19.4 Å². The van der Waals surface area contributed by atoms with Crippen LogP contribution in [0.1, 0.15) is 28.3 Å². The summed E-state index contributed by atoms with van der Waals surface area (Å²) < 4.78 is 49.4. The number of imidazole rings is 1. The molecule has 0 aliphatic carbocycles. The van der Waals surface area contributed by atoms with Crippen molar-refractivity contribution in [2.75, 3.05) is 0 Å². The SMILES string of the molecule is Cc1noc(C)c1-c1cc(C(O)(c2ccc(Cl)cn2)c2c(F)cc(F)cc2F)c2[nH]c(=O)[nH]c2c1. The minimum Gasteiger partial charge on any atom is -0.374 e. The fourth-order valence-electron chi connectivity index (χ4n) is 4.35. The molecule has 3 heterocycles. The lowest BCUT2D eigenvalue weighted by Gasteiger charge is -2.30. The number of H-pyrrole nitrogens is 2. The number of hydrogen-bond donors (Lipinski definition) is 3. The maximum Gasteiger partial charge on any atom is 0.323 e. The molecule has 2 aromatic carbocycles. The molecule has 0 bridgehead atoms. The molecule has 35 heavy (non-hydrogen) atoms. The lowest BCUT2D eigenvalue weighted by atomic mass is 9.80. The smallest absolute Gasteiger partial charge is 0.323 e. The van der Waals surface area contributed by atoms with Crippen molar-refractivity contribution in [1.82, 2.24) is 20.1 Å². The Hall–Kier alpha value is -3.89. The number of halogens is 4. The van der Waals surface area contributed by atoms with Crippen LogP contribution >= 0.6 is 11.6 Å². The third-order valence-corrected chi connectivity index (χ3v) is 6.03. The zero-order valence-corrected chi connectivity index (χ0v) is 19.0. The second-order valence-electron chi connectivity index (χ2n) is 8.04. The summed E-state index contributed by atoms with van der Waals surface area (Å²) in [5.74, 6) is -3.43. The van der Waals surface area contributed by atoms with Gasteiger partial charge >= 0.3 is 5.69 Å². The van der Waals surface area contributed by atoms with E-state index in [1.165, 1.54) is 24.4 Å². The zero-order chi connectivity index (χ0) is 25.1. The summed E-state index contributed by atoms with van der Waals surface area (Å²) in [5.41, 5.74) is -2.66. The van der Waals surface area contributed by atoms with E-state index in [-0.39, 0.29) is 27.3 Å². The van der Waals surface area contributed by atoms with Gasteiger partial charge in [-0.1, -0.05) is 16.8 Å². The van der Waals surface area contributed by atoms with Crippen LogP contribution in [-0.2, 0) is 5.60 Å². The van der Waals surface area contributed by atoms with Gasteiger partial charge in [-0.05, 0) is 43.7 Å². The highest BCUT2D eigenvalue weighted by atomic mass is 35.5. The van der Waals surface area contributed by atoms with Gasteiger partial charge in [-0.25, -0.2) is 18.0 Å². The van der Waals surface area contributed by atoms with Crippen molar-refractivity contribution < 1.29 is 22.8 Å². The topological polar surface area (TPSA) is 108 Å². The van der Waals surface area contributed by atoms with Gasteiger partial charge in [-0.15, -0.1) is 0 Å². The van der Waals surface area contributed by atoms with Crippen LogP contribution in [0.15, 0.2) is 51.9 Å². The first-order valence-corrected chi connectivity index (χ1v) is 10.7. The van der Waals surface area contributed by atoms with Gasteiger partial charge in [0.05, 0.1) is 33.0 Å². The number of fused-ring (bicyclic) bond motifs is 1. The molecule has 1 unspecified atom stereocenters. The van der Waals surface area contributed by atoms with Crippen LogP contribution in [0.5, 0.6) is 0 Å². The Morgan fingerprint density at radius 3 is 2.37 bits per heavy atom. The van der Waals surface area contributed by atoms with Crippen molar-refractivity contribution in [3.8, 4) is 11.1 Å². The van der Waals surface area contributed by atoms with Gasteiger partial charge in [0.15, 0.2) is 5.60 Å². The fraction of sp³-hybridized carbons (Fsp3) is 0.125. The van der Waals surface area contributed by atoms with Crippen LogP contribution in [0.25, 0.3) is 22.2 Å². The average Bonchev–Trinajstić information content (AvgIpc) is 3.32. The van der Waals surface area contributed by atoms with Crippen molar-refractivity contribution >= 4 is 22.6 Å². The molecule has 178 valence electrons. The van der Waals surface area contributed by atoms with E-state index in [4.69, 9.17) is 16.1 Å². The molecule has 0 spiro atoms. The molecule has 0 amide bonds. The van der Waals surface area contributed by atoms with E-state index in [2.05, 4.69) is 20.1 Å². The Bertz CT molecular complexity index is 1620. The predicted molar refractivity (Wildman–Crippen MR) is 122 cm³/mol. The quantitative estimate of drug-likeness (QED) is 0.326. The highest BCUT2D eigenvalue weighted by molar-refractivity contribution is 6.30. The Balaban J connectivity index is 1.94. The lowest BCUT2D eigenvalue weighted by molar-refractivity contribution is 0.113. The predicted octanol–water partition coefficient (Wildman–Crippen LogP) is 4.88. The molecule has 0 saturated heterocycles. The van der Waals surface area contributed by atoms with E-state index in [1.54, 1.807) is 19.9 Å². The van der Waals surface area contributed by atoms with Gasteiger partial charge in [0.1, 0.15) is 23.2 Å². The molecule has 7 nitrogen and oxygen atoms in total. The summed E-state index contributed by atoms with van der Waals surface area (Å²) in [6, 6.07) is 6.61. The third-order valence-electron chi connectivity index (χ3n) is 5.80. The van der Waals surface area contributed by atoms with Gasteiger partial charge in [-0.2, -0.15) is 0 Å². The number of rotatable bonds is 4. The van der Waals surface area contributed by atoms with E-state index in [1.807, 2.05) is 0 Å². The number of aliphatic hydroxyl groups is 1. The van der Waals surface area contributed by atoms with Crippen molar-refractivity contribution in [2.24, 2.45) is 0 Å². The minimum atomic E-state index is -2.62. The van der Waals surface area contributed by atoms with Crippen LogP contribution < -0.4 is 5.69 Å². The number of aromatic nitrogens is 4. The average molecular weight is 501 g/mol. The molecular formula is C24H16ClF3N4O3.